The summed E-state index contributed by atoms with van der Waals surface area (Å²) in [5.41, 5.74) is 12.6. The smallest absolute Gasteiger partial charge is 0.228 e. The molecule has 0 aliphatic carbocycles. The molecular formula is C14H16N10OS. The molecule has 1 aliphatic rings. The van der Waals surface area contributed by atoms with E-state index in [2.05, 4.69) is 41.9 Å². The van der Waals surface area contributed by atoms with Crippen LogP contribution in [0.2, 0.25) is 0 Å². The van der Waals surface area contributed by atoms with Gasteiger partial charge >= 0.3 is 0 Å². The zero-order valence-corrected chi connectivity index (χ0v) is 14.3. The second kappa shape index (κ2) is 7.11. The first-order valence-electron chi connectivity index (χ1n) is 7.87. The molecule has 1 amide bonds. The number of carbonyl (C=O) groups excluding carboxylic acids is 1. The van der Waals surface area contributed by atoms with Crippen LogP contribution in [-0.4, -0.2) is 42.9 Å². The number of nitrogens with zero attached hydrogens (tertiary/aromatic N) is 6. The van der Waals surface area contributed by atoms with Gasteiger partial charge in [0.05, 0.1) is 5.92 Å². The number of hydrazine groups is 1. The molecule has 26 heavy (non-hydrogen) atoms. The van der Waals surface area contributed by atoms with Crippen molar-refractivity contribution in [3.63, 3.8) is 0 Å². The third-order valence-electron chi connectivity index (χ3n) is 4.06. The molecule has 4 rings (SSSR count). The van der Waals surface area contributed by atoms with Crippen LogP contribution in [0.25, 0.3) is 0 Å². The lowest BCUT2D eigenvalue weighted by Crippen LogP contribution is -2.39. The Morgan fingerprint density at radius 3 is 2.88 bits per heavy atom. The normalized spacial score (nSPS) is 20.8. The largest absolute Gasteiger partial charge is 0.374 e. The molecule has 134 valence electrons. The quantitative estimate of drug-likeness (QED) is 0.453. The molecule has 1 aliphatic heterocycles. The number of rotatable bonds is 5. The summed E-state index contributed by atoms with van der Waals surface area (Å²) in [6, 6.07) is 9.13. The van der Waals surface area contributed by atoms with Gasteiger partial charge in [-0.25, -0.2) is 10.1 Å². The molecule has 3 atom stereocenters. The van der Waals surface area contributed by atoms with Crippen LogP contribution in [0.1, 0.15) is 22.8 Å². The molecule has 2 aromatic heterocycles. The molecule has 1 fully saturated rings. The standard InChI is InChI=1S/C14H16N10OS/c15-14-21-20-13(26-14)10(8-4-2-1-3-5-8)18-12(25)9-6-16-19-11(9)24-7-17-22-23-24/h1-5,7,9-11,16,19H,6H2,(H2,15,21)(H,18,25). The SMILES string of the molecule is Nc1nnc(C(NC(=O)C2CNNC2n2cnnn2)c2ccccc2)s1. The van der Waals surface area contributed by atoms with E-state index in [1.807, 2.05) is 30.3 Å². The molecule has 3 heterocycles. The molecule has 11 nitrogen and oxygen atoms in total. The van der Waals surface area contributed by atoms with Crippen molar-refractivity contribution in [3.05, 3.63) is 47.2 Å². The first-order valence-corrected chi connectivity index (χ1v) is 8.69. The van der Waals surface area contributed by atoms with Gasteiger partial charge in [0.1, 0.15) is 23.5 Å². The zero-order chi connectivity index (χ0) is 17.9. The highest BCUT2D eigenvalue weighted by Gasteiger charge is 2.36. The average Bonchev–Trinajstić information content (AvgIpc) is 3.40. The van der Waals surface area contributed by atoms with Gasteiger partial charge < -0.3 is 11.1 Å². The van der Waals surface area contributed by atoms with Gasteiger partial charge in [-0.2, -0.15) is 0 Å². The summed E-state index contributed by atoms with van der Waals surface area (Å²) in [6.07, 6.45) is 1.08. The van der Waals surface area contributed by atoms with Crippen molar-refractivity contribution in [1.29, 1.82) is 0 Å². The number of carbonyl (C=O) groups is 1. The lowest BCUT2D eigenvalue weighted by Gasteiger charge is -2.21. The Kier molecular flexibility index (Phi) is 4.51. The van der Waals surface area contributed by atoms with E-state index in [1.54, 1.807) is 0 Å². The Morgan fingerprint density at radius 1 is 1.35 bits per heavy atom. The molecule has 0 bridgehead atoms. The van der Waals surface area contributed by atoms with Crippen LogP contribution in [0.5, 0.6) is 0 Å². The summed E-state index contributed by atoms with van der Waals surface area (Å²) >= 11 is 1.25. The van der Waals surface area contributed by atoms with Crippen LogP contribution in [0.15, 0.2) is 36.7 Å². The van der Waals surface area contributed by atoms with Gasteiger partial charge in [-0.3, -0.25) is 10.2 Å². The topological polar surface area (TPSA) is 149 Å². The highest BCUT2D eigenvalue weighted by Crippen LogP contribution is 2.27. The first-order chi connectivity index (χ1) is 12.7. The number of benzene rings is 1. The van der Waals surface area contributed by atoms with Crippen LogP contribution in [0.3, 0.4) is 0 Å². The number of aromatic nitrogens is 6. The predicted molar refractivity (Wildman–Crippen MR) is 92.2 cm³/mol. The number of tetrazole rings is 1. The van der Waals surface area contributed by atoms with Gasteiger partial charge in [-0.15, -0.1) is 15.3 Å². The highest BCUT2D eigenvalue weighted by atomic mass is 32.1. The van der Waals surface area contributed by atoms with E-state index in [4.69, 9.17) is 5.73 Å². The molecule has 3 unspecified atom stereocenters. The average molecular weight is 372 g/mol. The fraction of sp³-hybridized carbons (Fsp3) is 0.286. The van der Waals surface area contributed by atoms with E-state index >= 15 is 0 Å². The predicted octanol–water partition coefficient (Wildman–Crippen LogP) is -0.765. The van der Waals surface area contributed by atoms with E-state index in [0.29, 0.717) is 16.7 Å². The Morgan fingerprint density at radius 2 is 2.19 bits per heavy atom. The van der Waals surface area contributed by atoms with Crippen molar-refractivity contribution in [1.82, 2.24) is 46.6 Å². The summed E-state index contributed by atoms with van der Waals surface area (Å²) in [4.78, 5) is 13.0. The highest BCUT2D eigenvalue weighted by molar-refractivity contribution is 7.15. The fourth-order valence-electron chi connectivity index (χ4n) is 2.81. The van der Waals surface area contributed by atoms with E-state index in [1.165, 1.54) is 22.3 Å². The summed E-state index contributed by atoms with van der Waals surface area (Å²) in [5.74, 6) is -0.569. The number of hydrogen-bond donors (Lipinski definition) is 4. The van der Waals surface area contributed by atoms with Crippen molar-refractivity contribution in [2.45, 2.75) is 12.2 Å². The molecule has 0 radical (unpaired) electrons. The number of nitrogens with two attached hydrogens (primary N) is 1. The molecule has 12 heteroatoms. The van der Waals surface area contributed by atoms with E-state index in [-0.39, 0.29) is 12.1 Å². The molecule has 0 saturated carbocycles. The summed E-state index contributed by atoms with van der Waals surface area (Å²) < 4.78 is 1.50. The lowest BCUT2D eigenvalue weighted by molar-refractivity contribution is -0.126. The van der Waals surface area contributed by atoms with Gasteiger partial charge in [0.2, 0.25) is 11.0 Å². The maximum absolute atomic E-state index is 13.0. The molecule has 0 spiro atoms. The van der Waals surface area contributed by atoms with Crippen LogP contribution >= 0.6 is 11.3 Å². The summed E-state index contributed by atoms with van der Waals surface area (Å²) in [7, 11) is 0. The minimum absolute atomic E-state index is 0.161. The van der Waals surface area contributed by atoms with E-state index < -0.39 is 12.0 Å². The Hall–Kier alpha value is -2.96. The first kappa shape index (κ1) is 16.5. The van der Waals surface area contributed by atoms with Crippen LogP contribution < -0.4 is 21.9 Å². The third kappa shape index (κ3) is 3.24. The Labute approximate surface area is 152 Å². The lowest BCUT2D eigenvalue weighted by atomic mass is 10.0. The maximum Gasteiger partial charge on any atom is 0.228 e. The second-order valence-electron chi connectivity index (χ2n) is 5.70. The molecule has 3 aromatic rings. The number of nitrogens with one attached hydrogen (secondary N) is 3. The molecular weight excluding hydrogens is 356 g/mol. The van der Waals surface area contributed by atoms with E-state index in [9.17, 15) is 4.79 Å². The van der Waals surface area contributed by atoms with Crippen molar-refractivity contribution in [2.24, 2.45) is 5.92 Å². The minimum Gasteiger partial charge on any atom is -0.374 e. The number of amides is 1. The number of nitrogen functional groups attached to an aromatic ring is 1. The summed E-state index contributed by atoms with van der Waals surface area (Å²) in [5, 5.41) is 23.1. The minimum atomic E-state index is -0.436. The van der Waals surface area contributed by atoms with Crippen molar-refractivity contribution in [2.75, 3.05) is 12.3 Å². The van der Waals surface area contributed by atoms with Crippen LogP contribution in [-0.2, 0) is 4.79 Å². The Bertz CT molecular complexity index is 867. The van der Waals surface area contributed by atoms with Gasteiger partial charge in [0.15, 0.2) is 0 Å². The molecule has 1 saturated heterocycles. The third-order valence-corrected chi connectivity index (χ3v) is 4.88. The Balaban J connectivity index is 1.58. The van der Waals surface area contributed by atoms with Gasteiger partial charge in [-0.05, 0) is 16.0 Å². The van der Waals surface area contributed by atoms with Crippen LogP contribution in [0.4, 0.5) is 5.13 Å². The maximum atomic E-state index is 13.0. The number of hydrogen-bond acceptors (Lipinski definition) is 10. The van der Waals surface area contributed by atoms with Crippen LogP contribution in [0, 0.1) is 5.92 Å². The number of anilines is 1. The molecule has 5 N–H and O–H groups in total. The van der Waals surface area contributed by atoms with E-state index in [0.717, 1.165) is 5.56 Å². The van der Waals surface area contributed by atoms with Gasteiger partial charge in [0.25, 0.3) is 0 Å². The monoisotopic (exact) mass is 372 g/mol. The second-order valence-corrected chi connectivity index (χ2v) is 6.74. The fourth-order valence-corrected chi connectivity index (χ4v) is 3.50. The molecule has 1 aromatic carbocycles. The van der Waals surface area contributed by atoms with Crippen molar-refractivity contribution in [3.8, 4) is 0 Å². The van der Waals surface area contributed by atoms with Gasteiger partial charge in [-0.1, -0.05) is 41.7 Å². The zero-order valence-electron chi connectivity index (χ0n) is 13.5. The van der Waals surface area contributed by atoms with Gasteiger partial charge in [0, 0.05) is 6.54 Å². The van der Waals surface area contributed by atoms with Crippen molar-refractivity contribution >= 4 is 22.4 Å². The van der Waals surface area contributed by atoms with Crippen molar-refractivity contribution < 1.29 is 4.79 Å². The summed E-state index contributed by atoms with van der Waals surface area (Å²) in [6.45, 7) is 0.441.